The fraction of sp³-hybridized carbons (Fsp3) is 0.250. The van der Waals surface area contributed by atoms with E-state index in [9.17, 15) is 13.6 Å². The van der Waals surface area contributed by atoms with Crippen molar-refractivity contribution in [3.05, 3.63) is 71.1 Å². The minimum Gasteiger partial charge on any atom is -0.418 e. The first kappa shape index (κ1) is 18.7. The topological polar surface area (TPSA) is 68.0 Å². The summed E-state index contributed by atoms with van der Waals surface area (Å²) in [4.78, 5) is 11.6. The Morgan fingerprint density at radius 2 is 1.78 bits per heavy atom. The second-order valence-corrected chi connectivity index (χ2v) is 6.20. The van der Waals surface area contributed by atoms with E-state index < -0.39 is 17.7 Å². The highest BCUT2D eigenvalue weighted by Gasteiger charge is 2.21. The van der Waals surface area contributed by atoms with Crippen LogP contribution in [-0.4, -0.2) is 16.1 Å². The maximum atomic E-state index is 13.4. The number of halogens is 2. The lowest BCUT2D eigenvalue weighted by molar-refractivity contribution is -0.119. The van der Waals surface area contributed by atoms with Gasteiger partial charge in [0, 0.05) is 18.9 Å². The van der Waals surface area contributed by atoms with Gasteiger partial charge in [0.05, 0.1) is 0 Å². The molecule has 0 saturated heterocycles. The van der Waals surface area contributed by atoms with Gasteiger partial charge in [-0.1, -0.05) is 31.2 Å². The van der Waals surface area contributed by atoms with Gasteiger partial charge in [-0.3, -0.25) is 4.79 Å². The molecular formula is C20H19F2N3O2. The highest BCUT2D eigenvalue weighted by Crippen LogP contribution is 2.24. The number of rotatable bonds is 6. The number of hydrogen-bond acceptors (Lipinski definition) is 4. The number of aryl methyl sites for hydroxylation is 1. The third-order valence-electron chi connectivity index (χ3n) is 4.15. The monoisotopic (exact) mass is 371 g/mol. The fourth-order valence-corrected chi connectivity index (χ4v) is 2.71. The zero-order valence-electron chi connectivity index (χ0n) is 15.0. The van der Waals surface area contributed by atoms with Gasteiger partial charge in [0.15, 0.2) is 11.6 Å². The molecule has 1 atom stereocenters. The Morgan fingerprint density at radius 1 is 1.07 bits per heavy atom. The summed E-state index contributed by atoms with van der Waals surface area (Å²) in [6, 6.07) is 10.8. The van der Waals surface area contributed by atoms with E-state index in [0.717, 1.165) is 24.1 Å². The Kier molecular flexibility index (Phi) is 5.59. The zero-order valence-corrected chi connectivity index (χ0v) is 15.0. The van der Waals surface area contributed by atoms with Crippen molar-refractivity contribution in [2.75, 3.05) is 0 Å². The van der Waals surface area contributed by atoms with Gasteiger partial charge in [-0.2, -0.15) is 0 Å². The molecule has 0 saturated carbocycles. The molecule has 1 heterocycles. The average Bonchev–Trinajstić information content (AvgIpc) is 3.14. The molecule has 2 aromatic carbocycles. The molecule has 0 bridgehead atoms. The van der Waals surface area contributed by atoms with Crippen LogP contribution in [0, 0.1) is 11.6 Å². The predicted molar refractivity (Wildman–Crippen MR) is 95.7 cm³/mol. The summed E-state index contributed by atoms with van der Waals surface area (Å²) in [6.07, 6.45) is 1.40. The largest absolute Gasteiger partial charge is 0.418 e. The summed E-state index contributed by atoms with van der Waals surface area (Å²) in [6.45, 7) is 3.48. The maximum absolute atomic E-state index is 13.4. The van der Waals surface area contributed by atoms with Crippen LogP contribution in [0.5, 0.6) is 0 Å². The number of nitrogens with one attached hydrogen (secondary N) is 1. The predicted octanol–water partition coefficient (Wildman–Crippen LogP) is 4.00. The number of hydrogen-bond donors (Lipinski definition) is 1. The Bertz CT molecular complexity index is 939. The van der Waals surface area contributed by atoms with Crippen LogP contribution in [0.25, 0.3) is 11.5 Å². The molecule has 1 amide bonds. The molecule has 0 fully saturated rings. The molecule has 140 valence electrons. The van der Waals surface area contributed by atoms with Crippen molar-refractivity contribution < 1.29 is 18.0 Å². The smallest absolute Gasteiger partial charge is 0.247 e. The summed E-state index contributed by atoms with van der Waals surface area (Å²) in [7, 11) is 0. The normalized spacial score (nSPS) is 12.0. The van der Waals surface area contributed by atoms with Crippen LogP contribution in [0.15, 0.2) is 46.9 Å². The van der Waals surface area contributed by atoms with Gasteiger partial charge >= 0.3 is 0 Å². The van der Waals surface area contributed by atoms with Gasteiger partial charge in [-0.05, 0) is 35.7 Å². The van der Waals surface area contributed by atoms with Crippen LogP contribution in [0.4, 0.5) is 8.78 Å². The summed E-state index contributed by atoms with van der Waals surface area (Å²) in [5.74, 6) is -1.94. The minimum atomic E-state index is -0.998. The molecule has 0 aliphatic heterocycles. The van der Waals surface area contributed by atoms with E-state index in [2.05, 4.69) is 22.4 Å². The second-order valence-electron chi connectivity index (χ2n) is 6.20. The summed E-state index contributed by atoms with van der Waals surface area (Å²) < 4.78 is 32.1. The number of carbonyl (C=O) groups is 1. The van der Waals surface area contributed by atoms with Gasteiger partial charge in [0.2, 0.25) is 17.7 Å². The highest BCUT2D eigenvalue weighted by molar-refractivity contribution is 5.73. The van der Waals surface area contributed by atoms with Gasteiger partial charge in [0.1, 0.15) is 6.04 Å². The van der Waals surface area contributed by atoms with Crippen molar-refractivity contribution >= 4 is 5.91 Å². The van der Waals surface area contributed by atoms with Gasteiger partial charge in [0.25, 0.3) is 0 Å². The molecule has 0 aliphatic rings. The van der Waals surface area contributed by atoms with E-state index in [-0.39, 0.29) is 23.3 Å². The average molecular weight is 371 g/mol. The van der Waals surface area contributed by atoms with Crippen molar-refractivity contribution in [2.24, 2.45) is 0 Å². The maximum Gasteiger partial charge on any atom is 0.247 e. The molecule has 0 spiro atoms. The summed E-state index contributed by atoms with van der Waals surface area (Å²) in [5, 5.41) is 10.7. The van der Waals surface area contributed by atoms with E-state index in [1.807, 2.05) is 24.3 Å². The van der Waals surface area contributed by atoms with Crippen LogP contribution in [0.2, 0.25) is 0 Å². The first-order valence-corrected chi connectivity index (χ1v) is 8.60. The van der Waals surface area contributed by atoms with E-state index >= 15 is 0 Å². The van der Waals surface area contributed by atoms with Crippen LogP contribution < -0.4 is 5.32 Å². The highest BCUT2D eigenvalue weighted by atomic mass is 19.2. The van der Waals surface area contributed by atoms with Crippen molar-refractivity contribution in [3.8, 4) is 11.5 Å². The van der Waals surface area contributed by atoms with Crippen molar-refractivity contribution in [2.45, 2.75) is 32.7 Å². The first-order valence-electron chi connectivity index (χ1n) is 8.60. The van der Waals surface area contributed by atoms with Crippen molar-refractivity contribution in [3.63, 3.8) is 0 Å². The lowest BCUT2D eigenvalue weighted by atomic mass is 10.0. The molecule has 0 radical (unpaired) electrons. The molecule has 0 aliphatic carbocycles. The Balaban J connectivity index is 1.85. The molecule has 27 heavy (non-hydrogen) atoms. The standard InChI is InChI=1S/C20H19F2N3O2/c1-3-13-4-6-14(7-5-13)10-18(23-12(2)26)20-25-24-19(27-20)15-8-9-16(21)17(22)11-15/h4-9,11,18H,3,10H2,1-2H3,(H,23,26). The molecule has 3 rings (SSSR count). The second kappa shape index (κ2) is 8.07. The number of nitrogens with zero attached hydrogens (tertiary/aromatic N) is 2. The van der Waals surface area contributed by atoms with Crippen molar-refractivity contribution in [1.82, 2.24) is 15.5 Å². The van der Waals surface area contributed by atoms with Crippen LogP contribution in [-0.2, 0) is 17.6 Å². The molecule has 5 nitrogen and oxygen atoms in total. The minimum absolute atomic E-state index is 0.0561. The SMILES string of the molecule is CCc1ccc(CC(NC(C)=O)c2nnc(-c3ccc(F)c(F)c3)o2)cc1. The van der Waals surface area contributed by atoms with E-state index in [4.69, 9.17) is 4.42 Å². The molecule has 7 heteroatoms. The third kappa shape index (κ3) is 4.55. The molecule has 1 N–H and O–H groups in total. The Morgan fingerprint density at radius 3 is 2.41 bits per heavy atom. The molecular weight excluding hydrogens is 352 g/mol. The first-order chi connectivity index (χ1) is 13.0. The van der Waals surface area contributed by atoms with Gasteiger partial charge < -0.3 is 9.73 Å². The number of carbonyl (C=O) groups excluding carboxylic acids is 1. The summed E-state index contributed by atoms with van der Waals surface area (Å²) in [5.41, 5.74) is 2.48. The fourth-order valence-electron chi connectivity index (χ4n) is 2.71. The number of aromatic nitrogens is 2. The lowest BCUT2D eigenvalue weighted by Gasteiger charge is -2.14. The van der Waals surface area contributed by atoms with E-state index in [0.29, 0.717) is 6.42 Å². The third-order valence-corrected chi connectivity index (χ3v) is 4.15. The van der Waals surface area contributed by atoms with Crippen LogP contribution in [0.1, 0.15) is 36.9 Å². The van der Waals surface area contributed by atoms with Gasteiger partial charge in [-0.15, -0.1) is 10.2 Å². The Labute approximate surface area is 155 Å². The van der Waals surface area contributed by atoms with Gasteiger partial charge in [-0.25, -0.2) is 8.78 Å². The molecule has 1 unspecified atom stereocenters. The van der Waals surface area contributed by atoms with E-state index in [1.54, 1.807) is 0 Å². The zero-order chi connectivity index (χ0) is 19.4. The number of benzene rings is 2. The quantitative estimate of drug-likeness (QED) is 0.711. The lowest BCUT2D eigenvalue weighted by Crippen LogP contribution is -2.28. The summed E-state index contributed by atoms with van der Waals surface area (Å²) >= 11 is 0. The van der Waals surface area contributed by atoms with Crippen molar-refractivity contribution in [1.29, 1.82) is 0 Å². The van der Waals surface area contributed by atoms with Crippen LogP contribution >= 0.6 is 0 Å². The Hall–Kier alpha value is -3.09. The van der Waals surface area contributed by atoms with E-state index in [1.165, 1.54) is 18.6 Å². The van der Waals surface area contributed by atoms with Crippen LogP contribution in [0.3, 0.4) is 0 Å². The number of amides is 1. The molecule has 3 aromatic rings. The molecule has 1 aromatic heterocycles.